The Bertz CT molecular complexity index is 1050. The number of carbonyl (C=O) groups is 2. The molecule has 3 aromatic rings. The van der Waals surface area contributed by atoms with E-state index in [4.69, 9.17) is 4.74 Å². The fourth-order valence-electron chi connectivity index (χ4n) is 3.96. The van der Waals surface area contributed by atoms with Gasteiger partial charge in [-0.15, -0.1) is 0 Å². The zero-order chi connectivity index (χ0) is 24.9. The van der Waals surface area contributed by atoms with E-state index in [-0.39, 0.29) is 11.8 Å². The van der Waals surface area contributed by atoms with Crippen LogP contribution < -0.4 is 10.1 Å². The Morgan fingerprint density at radius 3 is 2.26 bits per heavy atom. The third kappa shape index (κ3) is 8.29. The van der Waals surface area contributed by atoms with E-state index in [0.29, 0.717) is 39.0 Å². The number of hydrogen-bond donors (Lipinski definition) is 1. The number of nitrogens with zero attached hydrogens (tertiary/aromatic N) is 1. The topological polar surface area (TPSA) is 58.6 Å². The van der Waals surface area contributed by atoms with E-state index in [0.717, 1.165) is 28.9 Å². The summed E-state index contributed by atoms with van der Waals surface area (Å²) in [6, 6.07) is 26.9. The van der Waals surface area contributed by atoms with E-state index in [2.05, 4.69) is 5.32 Å². The Morgan fingerprint density at radius 1 is 0.914 bits per heavy atom. The summed E-state index contributed by atoms with van der Waals surface area (Å²) in [5, 5.41) is 3.02. The second-order valence-electron chi connectivity index (χ2n) is 8.71. The quantitative estimate of drug-likeness (QED) is 0.343. The summed E-state index contributed by atoms with van der Waals surface area (Å²) in [7, 11) is 0. The third-order valence-corrected chi connectivity index (χ3v) is 5.97. The third-order valence-electron chi connectivity index (χ3n) is 5.97. The van der Waals surface area contributed by atoms with Crippen LogP contribution in [0.4, 0.5) is 0 Å². The van der Waals surface area contributed by atoms with E-state index in [1.54, 1.807) is 4.90 Å². The molecule has 0 saturated heterocycles. The molecule has 2 amide bonds. The van der Waals surface area contributed by atoms with Crippen molar-refractivity contribution < 1.29 is 14.3 Å². The summed E-state index contributed by atoms with van der Waals surface area (Å²) in [5.41, 5.74) is 3.17. The Kier molecular flexibility index (Phi) is 10.4. The summed E-state index contributed by atoms with van der Waals surface area (Å²) in [4.78, 5) is 28.6. The van der Waals surface area contributed by atoms with Crippen molar-refractivity contribution in [2.24, 2.45) is 0 Å². The van der Waals surface area contributed by atoms with Crippen LogP contribution in [0, 0.1) is 6.92 Å². The molecule has 0 unspecified atom stereocenters. The van der Waals surface area contributed by atoms with Crippen LogP contribution >= 0.6 is 0 Å². The monoisotopic (exact) mass is 472 g/mol. The highest BCUT2D eigenvalue weighted by Crippen LogP contribution is 2.18. The van der Waals surface area contributed by atoms with E-state index in [1.807, 2.05) is 98.8 Å². The number of aryl methyl sites for hydroxylation is 1. The van der Waals surface area contributed by atoms with Crippen LogP contribution in [0.3, 0.4) is 0 Å². The summed E-state index contributed by atoms with van der Waals surface area (Å²) in [6.07, 6.45) is 2.19. The lowest BCUT2D eigenvalue weighted by molar-refractivity contribution is -0.141. The summed E-state index contributed by atoms with van der Waals surface area (Å²) >= 11 is 0. The van der Waals surface area contributed by atoms with Crippen LogP contribution in [0.15, 0.2) is 84.9 Å². The normalized spacial score (nSPS) is 11.5. The Balaban J connectivity index is 1.79. The number of ether oxygens (including phenoxy) is 1. The van der Waals surface area contributed by atoms with Crippen molar-refractivity contribution in [3.8, 4) is 5.75 Å². The second kappa shape index (κ2) is 14.0. The molecule has 0 fully saturated rings. The molecule has 35 heavy (non-hydrogen) atoms. The Morgan fingerprint density at radius 2 is 1.57 bits per heavy atom. The smallest absolute Gasteiger partial charge is 0.243 e. The fraction of sp³-hybridized carbons (Fsp3) is 0.333. The lowest BCUT2D eigenvalue weighted by Gasteiger charge is -2.32. The van der Waals surface area contributed by atoms with Crippen LogP contribution in [-0.4, -0.2) is 35.9 Å². The first-order valence-electron chi connectivity index (χ1n) is 12.4. The first kappa shape index (κ1) is 26.0. The lowest BCUT2D eigenvalue weighted by Crippen LogP contribution is -2.50. The van der Waals surface area contributed by atoms with Gasteiger partial charge in [0.25, 0.3) is 0 Å². The number of carbonyl (C=O) groups excluding carboxylic acids is 2. The maximum Gasteiger partial charge on any atom is 0.243 e. The fourth-order valence-corrected chi connectivity index (χ4v) is 3.96. The van der Waals surface area contributed by atoms with Crippen LogP contribution in [0.1, 0.15) is 42.9 Å². The molecule has 0 aliphatic rings. The zero-order valence-electron chi connectivity index (χ0n) is 20.8. The van der Waals surface area contributed by atoms with Gasteiger partial charge in [-0.25, -0.2) is 0 Å². The molecule has 0 heterocycles. The molecule has 0 aliphatic heterocycles. The van der Waals surface area contributed by atoms with Gasteiger partial charge in [0.05, 0.1) is 6.61 Å². The second-order valence-corrected chi connectivity index (χ2v) is 8.71. The molecule has 1 atom stereocenters. The molecule has 5 nitrogen and oxygen atoms in total. The molecule has 0 aliphatic carbocycles. The van der Waals surface area contributed by atoms with Crippen molar-refractivity contribution in [2.45, 2.75) is 52.1 Å². The molecule has 3 rings (SSSR count). The van der Waals surface area contributed by atoms with Gasteiger partial charge >= 0.3 is 0 Å². The molecular formula is C30H36N2O3. The summed E-state index contributed by atoms with van der Waals surface area (Å²) in [5.74, 6) is 0.633. The maximum absolute atomic E-state index is 13.6. The largest absolute Gasteiger partial charge is 0.494 e. The minimum Gasteiger partial charge on any atom is -0.494 e. The number of hydrogen-bond acceptors (Lipinski definition) is 3. The average molecular weight is 473 g/mol. The van der Waals surface area contributed by atoms with Gasteiger partial charge in [-0.1, -0.05) is 79.7 Å². The van der Waals surface area contributed by atoms with Gasteiger partial charge in [-0.2, -0.15) is 0 Å². The molecule has 0 saturated carbocycles. The summed E-state index contributed by atoms with van der Waals surface area (Å²) in [6.45, 7) is 5.48. The SMILES string of the molecule is CCCNC(=O)[C@H](Cc1ccccc1)N(Cc1ccccc1C)C(=O)CCCOc1ccccc1. The molecule has 0 aromatic heterocycles. The molecule has 1 N–H and O–H groups in total. The van der Waals surface area contributed by atoms with E-state index >= 15 is 0 Å². The highest BCUT2D eigenvalue weighted by atomic mass is 16.5. The van der Waals surface area contributed by atoms with E-state index in [1.165, 1.54) is 0 Å². The van der Waals surface area contributed by atoms with Gasteiger partial charge < -0.3 is 15.0 Å². The van der Waals surface area contributed by atoms with Crippen molar-refractivity contribution in [3.63, 3.8) is 0 Å². The first-order chi connectivity index (χ1) is 17.1. The van der Waals surface area contributed by atoms with Crippen LogP contribution in [0.25, 0.3) is 0 Å². The van der Waals surface area contributed by atoms with Gasteiger partial charge in [0.1, 0.15) is 11.8 Å². The number of amides is 2. The maximum atomic E-state index is 13.6. The number of nitrogens with one attached hydrogen (secondary N) is 1. The zero-order valence-corrected chi connectivity index (χ0v) is 20.8. The Hall–Kier alpha value is -3.60. The van der Waals surface area contributed by atoms with Gasteiger partial charge in [-0.3, -0.25) is 9.59 Å². The highest BCUT2D eigenvalue weighted by Gasteiger charge is 2.30. The van der Waals surface area contributed by atoms with Crippen molar-refractivity contribution in [2.75, 3.05) is 13.2 Å². The standard InChI is InChI=1S/C30H36N2O3/c1-3-20-31-30(34)28(22-25-14-6-4-7-15-25)32(23-26-16-11-10-13-24(26)2)29(33)19-12-21-35-27-17-8-5-9-18-27/h4-11,13-18,28H,3,12,19-23H2,1-2H3,(H,31,34)/t28-/m0/s1. The number of rotatable bonds is 13. The molecule has 0 spiro atoms. The van der Waals surface area contributed by atoms with Crippen molar-refractivity contribution in [1.29, 1.82) is 0 Å². The van der Waals surface area contributed by atoms with Crippen LogP contribution in [0.2, 0.25) is 0 Å². The van der Waals surface area contributed by atoms with Crippen molar-refractivity contribution in [1.82, 2.24) is 10.2 Å². The number of benzene rings is 3. The molecule has 0 radical (unpaired) electrons. The first-order valence-corrected chi connectivity index (χ1v) is 12.4. The predicted octanol–water partition coefficient (Wildman–Crippen LogP) is 5.32. The summed E-state index contributed by atoms with van der Waals surface area (Å²) < 4.78 is 5.78. The minimum absolute atomic E-state index is 0.0440. The van der Waals surface area contributed by atoms with E-state index in [9.17, 15) is 9.59 Å². The van der Waals surface area contributed by atoms with Crippen LogP contribution in [-0.2, 0) is 22.6 Å². The van der Waals surface area contributed by atoms with Gasteiger partial charge in [-0.05, 0) is 48.6 Å². The molecule has 184 valence electrons. The molecule has 5 heteroatoms. The molecular weight excluding hydrogens is 436 g/mol. The van der Waals surface area contributed by atoms with Crippen LogP contribution in [0.5, 0.6) is 5.75 Å². The van der Waals surface area contributed by atoms with E-state index < -0.39 is 6.04 Å². The molecule has 3 aromatic carbocycles. The van der Waals surface area contributed by atoms with Gasteiger partial charge in [0.15, 0.2) is 0 Å². The highest BCUT2D eigenvalue weighted by molar-refractivity contribution is 5.88. The van der Waals surface area contributed by atoms with Crippen molar-refractivity contribution >= 4 is 11.8 Å². The average Bonchev–Trinajstić information content (AvgIpc) is 2.89. The molecule has 0 bridgehead atoms. The predicted molar refractivity (Wildman–Crippen MR) is 140 cm³/mol. The van der Waals surface area contributed by atoms with Gasteiger partial charge in [0, 0.05) is 25.9 Å². The Labute approximate surface area is 209 Å². The number of para-hydroxylation sites is 1. The lowest BCUT2D eigenvalue weighted by atomic mass is 10.0. The minimum atomic E-state index is -0.592. The van der Waals surface area contributed by atoms with Gasteiger partial charge in [0.2, 0.25) is 11.8 Å². The van der Waals surface area contributed by atoms with Crippen molar-refractivity contribution in [3.05, 3.63) is 102 Å².